The molecule has 3 aromatic heterocycles. The molecule has 48 heavy (non-hydrogen) atoms. The van der Waals surface area contributed by atoms with Crippen molar-refractivity contribution < 1.29 is 27.9 Å². The zero-order valence-corrected chi connectivity index (χ0v) is 26.0. The number of urea groups is 1. The summed E-state index contributed by atoms with van der Waals surface area (Å²) in [5.74, 6) is -0.159. The summed E-state index contributed by atoms with van der Waals surface area (Å²) < 4.78 is 37.1. The van der Waals surface area contributed by atoms with Gasteiger partial charge in [-0.15, -0.1) is 0 Å². The average Bonchev–Trinajstić information content (AvgIpc) is 3.89. The van der Waals surface area contributed by atoms with Gasteiger partial charge < -0.3 is 15.0 Å². The van der Waals surface area contributed by atoms with E-state index in [1.807, 2.05) is 30.3 Å². The van der Waals surface area contributed by atoms with Crippen LogP contribution >= 0.6 is 0 Å². The second kappa shape index (κ2) is 12.2. The summed E-state index contributed by atoms with van der Waals surface area (Å²) in [4.78, 5) is 48.3. The van der Waals surface area contributed by atoms with Crippen LogP contribution in [0, 0.1) is 0 Å². The monoisotopic (exact) mass is 660 g/mol. The number of piperidine rings is 1. The minimum atomic E-state index is -2.89. The Morgan fingerprint density at radius 3 is 2.69 bits per heavy atom. The molecule has 2 atom stereocenters. The minimum Gasteiger partial charge on any atom is -0.374 e. The lowest BCUT2D eigenvalue weighted by atomic mass is 10.0. The molecule has 4 fully saturated rings. The van der Waals surface area contributed by atoms with Crippen molar-refractivity contribution >= 4 is 40.7 Å². The number of fused-ring (bicyclic) bond motifs is 3. The van der Waals surface area contributed by atoms with E-state index >= 15 is 0 Å². The van der Waals surface area contributed by atoms with Gasteiger partial charge in [-0.1, -0.05) is 18.2 Å². The Hall–Kier alpha value is -4.96. The van der Waals surface area contributed by atoms with Crippen molar-refractivity contribution in [2.24, 2.45) is 0 Å². The Labute approximate surface area is 273 Å². The Bertz CT molecular complexity index is 1890. The number of nitrogens with zero attached hydrogens (tertiary/aromatic N) is 8. The standard InChI is InChI=1S/C32H34F2N10O4/c33-29(34)28-24(36-31(46)23-14-35-43-12-7-26(37-30(23)43)42-16-22-13-21(42)18-48-22)17-44(39-28)20-5-9-40(10-6-20)15-19-3-1-2-4-25(19)41-11-8-27(45)38-32(41)47/h1-4,7,12,14,17,20-22,29H,5-6,8-11,13,15-16,18H2,(H,36,46)(H,38,45,47)/t21-,22-/m1/s1. The Morgan fingerprint density at radius 1 is 1.10 bits per heavy atom. The molecule has 4 saturated heterocycles. The van der Waals surface area contributed by atoms with Gasteiger partial charge in [0.05, 0.1) is 36.7 Å². The van der Waals surface area contributed by atoms with E-state index in [1.54, 1.807) is 11.1 Å². The highest BCUT2D eigenvalue weighted by Crippen LogP contribution is 2.34. The number of amides is 4. The molecule has 0 radical (unpaired) electrons. The van der Waals surface area contributed by atoms with E-state index in [0.717, 1.165) is 30.0 Å². The first-order chi connectivity index (χ1) is 23.3. The molecule has 2 N–H and O–H groups in total. The highest BCUT2D eigenvalue weighted by atomic mass is 19.3. The maximum atomic E-state index is 14.2. The van der Waals surface area contributed by atoms with E-state index in [9.17, 15) is 23.2 Å². The van der Waals surface area contributed by atoms with E-state index in [-0.39, 0.29) is 41.8 Å². The van der Waals surface area contributed by atoms with Crippen LogP contribution in [-0.2, 0) is 16.1 Å². The lowest BCUT2D eigenvalue weighted by Crippen LogP contribution is -2.50. The van der Waals surface area contributed by atoms with E-state index in [1.165, 1.54) is 21.6 Å². The normalized spacial score (nSPS) is 21.9. The molecular formula is C32H34F2N10O4. The topological polar surface area (TPSA) is 142 Å². The number of para-hydroxylation sites is 1. The van der Waals surface area contributed by atoms with Crippen molar-refractivity contribution in [2.75, 3.05) is 47.9 Å². The fourth-order valence-electron chi connectivity index (χ4n) is 7.18. The number of ether oxygens (including phenoxy) is 1. The molecule has 4 aliphatic rings. The number of anilines is 3. The number of morpholine rings is 1. The van der Waals surface area contributed by atoms with Gasteiger partial charge in [0.2, 0.25) is 5.91 Å². The third-order valence-electron chi connectivity index (χ3n) is 9.67. The largest absolute Gasteiger partial charge is 0.374 e. The number of aromatic nitrogens is 5. The second-order valence-electron chi connectivity index (χ2n) is 12.7. The molecule has 250 valence electrons. The quantitative estimate of drug-likeness (QED) is 0.291. The van der Waals surface area contributed by atoms with E-state index in [0.29, 0.717) is 51.3 Å². The van der Waals surface area contributed by atoms with Gasteiger partial charge in [0, 0.05) is 57.2 Å². The molecule has 0 spiro atoms. The van der Waals surface area contributed by atoms with Crippen molar-refractivity contribution in [2.45, 2.75) is 56.8 Å². The summed E-state index contributed by atoms with van der Waals surface area (Å²) in [6.45, 7) is 3.63. The van der Waals surface area contributed by atoms with Crippen LogP contribution in [0.25, 0.3) is 5.65 Å². The summed E-state index contributed by atoms with van der Waals surface area (Å²) in [6.07, 6.45) is 4.39. The van der Waals surface area contributed by atoms with Gasteiger partial charge in [-0.05, 0) is 37.0 Å². The molecule has 16 heteroatoms. The molecule has 1 aromatic carbocycles. The highest BCUT2D eigenvalue weighted by molar-refractivity contribution is 6.08. The van der Waals surface area contributed by atoms with Crippen molar-refractivity contribution in [3.8, 4) is 0 Å². The number of halogens is 2. The first-order valence-corrected chi connectivity index (χ1v) is 16.1. The molecule has 0 aliphatic carbocycles. The number of likely N-dealkylation sites (tertiary alicyclic amines) is 1. The average molecular weight is 661 g/mol. The molecule has 4 amide bonds. The number of nitrogens with one attached hydrogen (secondary N) is 2. The predicted molar refractivity (Wildman–Crippen MR) is 169 cm³/mol. The van der Waals surface area contributed by atoms with Crippen molar-refractivity contribution in [1.29, 1.82) is 0 Å². The van der Waals surface area contributed by atoms with Crippen LogP contribution in [0.15, 0.2) is 48.9 Å². The van der Waals surface area contributed by atoms with Crippen LogP contribution in [0.3, 0.4) is 0 Å². The summed E-state index contributed by atoms with van der Waals surface area (Å²) in [7, 11) is 0. The Morgan fingerprint density at radius 2 is 1.94 bits per heavy atom. The molecule has 8 rings (SSSR count). The molecular weight excluding hydrogens is 626 g/mol. The number of benzene rings is 1. The number of rotatable bonds is 8. The number of carbonyl (C=O) groups excluding carboxylic acids is 3. The third kappa shape index (κ3) is 5.64. The van der Waals surface area contributed by atoms with Crippen molar-refractivity contribution in [1.82, 2.24) is 34.6 Å². The van der Waals surface area contributed by atoms with Gasteiger partial charge in [0.25, 0.3) is 12.3 Å². The SMILES string of the molecule is O=C1CCN(c2ccccc2CN2CCC(n3cc(NC(=O)c4cnn5ccc(N6C[C@H]7C[C@@H]6CO7)nc45)c(C(F)F)n3)CC2)C(=O)N1. The molecule has 4 aromatic rings. The van der Waals surface area contributed by atoms with Gasteiger partial charge in [0.15, 0.2) is 11.3 Å². The van der Waals surface area contributed by atoms with Gasteiger partial charge in [-0.2, -0.15) is 10.2 Å². The van der Waals surface area contributed by atoms with Crippen molar-refractivity contribution in [3.63, 3.8) is 0 Å². The molecule has 4 aliphatic heterocycles. The van der Waals surface area contributed by atoms with E-state index in [4.69, 9.17) is 9.72 Å². The lowest BCUT2D eigenvalue weighted by Gasteiger charge is -2.34. The molecule has 2 bridgehead atoms. The van der Waals surface area contributed by atoms with Gasteiger partial charge in [-0.3, -0.25) is 29.4 Å². The van der Waals surface area contributed by atoms with Crippen molar-refractivity contribution in [3.05, 3.63) is 65.7 Å². The molecule has 7 heterocycles. The van der Waals surface area contributed by atoms with Crippen LogP contribution in [0.4, 0.5) is 30.8 Å². The van der Waals surface area contributed by atoms with Crippen LogP contribution in [0.5, 0.6) is 0 Å². The zero-order valence-electron chi connectivity index (χ0n) is 26.0. The van der Waals surface area contributed by atoms with Crippen LogP contribution in [-0.4, -0.2) is 92.1 Å². The molecule has 14 nitrogen and oxygen atoms in total. The number of hydrogen-bond acceptors (Lipinski definition) is 9. The molecule has 0 unspecified atom stereocenters. The Balaban J connectivity index is 0.944. The Kier molecular flexibility index (Phi) is 7.75. The minimum absolute atomic E-state index is 0.0471. The van der Waals surface area contributed by atoms with E-state index in [2.05, 4.69) is 30.6 Å². The highest BCUT2D eigenvalue weighted by Gasteiger charge is 2.40. The lowest BCUT2D eigenvalue weighted by molar-refractivity contribution is -0.120. The third-order valence-corrected chi connectivity index (χ3v) is 9.67. The summed E-state index contributed by atoms with van der Waals surface area (Å²) in [5.41, 5.74) is 1.69. The van der Waals surface area contributed by atoms with Gasteiger partial charge in [0.1, 0.15) is 11.4 Å². The maximum absolute atomic E-state index is 14.2. The zero-order chi connectivity index (χ0) is 32.9. The maximum Gasteiger partial charge on any atom is 0.328 e. The summed E-state index contributed by atoms with van der Waals surface area (Å²) in [5, 5.41) is 13.5. The molecule has 0 saturated carbocycles. The fraction of sp³-hybridized carbons (Fsp3) is 0.438. The number of alkyl halides is 2. The van der Waals surface area contributed by atoms with E-state index < -0.39 is 24.1 Å². The number of imide groups is 1. The van der Waals surface area contributed by atoms with Crippen LogP contribution < -0.4 is 20.4 Å². The number of hydrogen-bond donors (Lipinski definition) is 2. The van der Waals surface area contributed by atoms with Gasteiger partial charge >= 0.3 is 6.03 Å². The first kappa shape index (κ1) is 30.4. The predicted octanol–water partition coefficient (Wildman–Crippen LogP) is 3.38. The number of carbonyl (C=O) groups is 3. The first-order valence-electron chi connectivity index (χ1n) is 16.1. The second-order valence-corrected chi connectivity index (χ2v) is 12.7. The van der Waals surface area contributed by atoms with Crippen LogP contribution in [0.1, 0.15) is 59.8 Å². The van der Waals surface area contributed by atoms with Gasteiger partial charge in [-0.25, -0.2) is 23.1 Å². The summed E-state index contributed by atoms with van der Waals surface area (Å²) in [6, 6.07) is 9.13. The smallest absolute Gasteiger partial charge is 0.328 e. The fourth-order valence-corrected chi connectivity index (χ4v) is 7.18. The summed E-state index contributed by atoms with van der Waals surface area (Å²) >= 11 is 0. The van der Waals surface area contributed by atoms with Crippen LogP contribution in [0.2, 0.25) is 0 Å².